The molecular weight excluding hydrogens is 284 g/mol. The molecule has 3 heterocycles. The zero-order chi connectivity index (χ0) is 14.8. The Hall–Kier alpha value is -1.89. The van der Waals surface area contributed by atoms with Gasteiger partial charge in [0.2, 0.25) is 5.95 Å². The molecule has 1 aliphatic rings. The highest BCUT2D eigenvalue weighted by molar-refractivity contribution is 7.09. The van der Waals surface area contributed by atoms with E-state index in [1.807, 2.05) is 20.0 Å². The fraction of sp³-hybridized carbons (Fsp3) is 0.500. The normalized spacial score (nSPS) is 14.7. The van der Waals surface area contributed by atoms with Gasteiger partial charge in [-0.05, 0) is 19.8 Å². The molecule has 2 N–H and O–H groups in total. The van der Waals surface area contributed by atoms with E-state index >= 15 is 0 Å². The Balaban J connectivity index is 1.80. The monoisotopic (exact) mass is 304 g/mol. The number of aryl methyl sites for hydroxylation is 1. The lowest BCUT2D eigenvalue weighted by Crippen LogP contribution is -2.24. The second-order valence-electron chi connectivity index (χ2n) is 5.36. The summed E-state index contributed by atoms with van der Waals surface area (Å²) >= 11 is 1.66. The van der Waals surface area contributed by atoms with E-state index in [9.17, 15) is 0 Å². The number of nitrogens with zero attached hydrogens (tertiary/aromatic N) is 5. The second kappa shape index (κ2) is 5.85. The minimum absolute atomic E-state index is 0.517. The molecule has 0 atom stereocenters. The van der Waals surface area contributed by atoms with Crippen LogP contribution in [0.4, 0.5) is 17.6 Å². The maximum Gasteiger partial charge on any atom is 0.229 e. The maximum absolute atomic E-state index is 5.94. The third-order valence-corrected chi connectivity index (χ3v) is 4.39. The Morgan fingerprint density at radius 3 is 2.71 bits per heavy atom. The van der Waals surface area contributed by atoms with Crippen molar-refractivity contribution >= 4 is 28.9 Å². The van der Waals surface area contributed by atoms with Gasteiger partial charge in [-0.1, -0.05) is 0 Å². The minimum atomic E-state index is 0.517. The molecule has 0 bridgehead atoms. The van der Waals surface area contributed by atoms with E-state index in [1.54, 1.807) is 11.3 Å². The smallest absolute Gasteiger partial charge is 0.229 e. The molecule has 0 saturated carbocycles. The minimum Gasteiger partial charge on any atom is -0.383 e. The predicted molar refractivity (Wildman–Crippen MR) is 86.8 cm³/mol. The molecule has 1 saturated heterocycles. The molecule has 3 rings (SSSR count). The number of hydrogen-bond acceptors (Lipinski definition) is 7. The van der Waals surface area contributed by atoms with Crippen LogP contribution in [0.25, 0.3) is 0 Å². The van der Waals surface area contributed by atoms with Crippen molar-refractivity contribution in [3.05, 3.63) is 22.1 Å². The lowest BCUT2D eigenvalue weighted by molar-refractivity contribution is 0.846. The van der Waals surface area contributed by atoms with Gasteiger partial charge in [0.1, 0.15) is 11.6 Å². The molecular formula is C14H20N6S. The van der Waals surface area contributed by atoms with Crippen LogP contribution < -0.4 is 15.5 Å². The molecule has 0 spiro atoms. The van der Waals surface area contributed by atoms with Crippen LogP contribution in [-0.2, 0) is 6.54 Å². The number of rotatable bonds is 4. The summed E-state index contributed by atoms with van der Waals surface area (Å²) in [5.41, 5.74) is 7.00. The summed E-state index contributed by atoms with van der Waals surface area (Å²) in [6.45, 7) is 4.76. The maximum atomic E-state index is 5.94. The van der Waals surface area contributed by atoms with Crippen LogP contribution in [0.5, 0.6) is 0 Å². The molecule has 7 heteroatoms. The predicted octanol–water partition coefficient (Wildman–Crippen LogP) is 2.06. The van der Waals surface area contributed by atoms with Gasteiger partial charge in [0, 0.05) is 31.6 Å². The van der Waals surface area contributed by atoms with Crippen molar-refractivity contribution in [2.75, 3.05) is 35.7 Å². The van der Waals surface area contributed by atoms with E-state index < -0.39 is 0 Å². The number of nitrogen functional groups attached to an aromatic ring is 1. The standard InChI is InChI=1S/C14H20N6S/c1-10-16-11(9-21-10)8-19(2)13-7-12(15)17-14(18-13)20-5-3-4-6-20/h7,9H,3-6,8H2,1-2H3,(H2,15,17,18). The van der Waals surface area contributed by atoms with Crippen molar-refractivity contribution in [1.29, 1.82) is 0 Å². The Bertz CT molecular complexity index is 620. The highest BCUT2D eigenvalue weighted by atomic mass is 32.1. The summed E-state index contributed by atoms with van der Waals surface area (Å²) in [4.78, 5) is 17.8. The van der Waals surface area contributed by atoms with Crippen LogP contribution in [0.1, 0.15) is 23.5 Å². The van der Waals surface area contributed by atoms with Crippen molar-refractivity contribution in [2.24, 2.45) is 0 Å². The first-order valence-electron chi connectivity index (χ1n) is 7.13. The lowest BCUT2D eigenvalue weighted by atomic mass is 10.4. The van der Waals surface area contributed by atoms with Gasteiger partial charge in [-0.3, -0.25) is 0 Å². The van der Waals surface area contributed by atoms with Crippen molar-refractivity contribution in [3.8, 4) is 0 Å². The van der Waals surface area contributed by atoms with Gasteiger partial charge in [0.15, 0.2) is 0 Å². The molecule has 21 heavy (non-hydrogen) atoms. The first-order valence-corrected chi connectivity index (χ1v) is 8.01. The van der Waals surface area contributed by atoms with Gasteiger partial charge in [0.05, 0.1) is 17.2 Å². The number of aromatic nitrogens is 3. The first kappa shape index (κ1) is 14.1. The number of anilines is 3. The topological polar surface area (TPSA) is 71.2 Å². The summed E-state index contributed by atoms with van der Waals surface area (Å²) in [6.07, 6.45) is 2.39. The summed E-state index contributed by atoms with van der Waals surface area (Å²) in [5.74, 6) is 2.10. The molecule has 1 fully saturated rings. The van der Waals surface area contributed by atoms with E-state index in [1.165, 1.54) is 12.8 Å². The van der Waals surface area contributed by atoms with Crippen LogP contribution in [0.2, 0.25) is 0 Å². The first-order chi connectivity index (χ1) is 10.1. The van der Waals surface area contributed by atoms with E-state index in [-0.39, 0.29) is 0 Å². The van der Waals surface area contributed by atoms with Gasteiger partial charge in [-0.15, -0.1) is 11.3 Å². The van der Waals surface area contributed by atoms with Gasteiger partial charge >= 0.3 is 0 Å². The Kier molecular flexibility index (Phi) is 3.92. The van der Waals surface area contributed by atoms with Crippen molar-refractivity contribution in [1.82, 2.24) is 15.0 Å². The summed E-state index contributed by atoms with van der Waals surface area (Å²) < 4.78 is 0. The van der Waals surface area contributed by atoms with Gasteiger partial charge < -0.3 is 15.5 Å². The largest absolute Gasteiger partial charge is 0.383 e. The third-order valence-electron chi connectivity index (χ3n) is 3.57. The molecule has 2 aromatic heterocycles. The number of nitrogens with two attached hydrogens (primary N) is 1. The second-order valence-corrected chi connectivity index (χ2v) is 6.42. The zero-order valence-corrected chi connectivity index (χ0v) is 13.2. The summed E-state index contributed by atoms with van der Waals surface area (Å²) in [7, 11) is 2.00. The fourth-order valence-electron chi connectivity index (χ4n) is 2.50. The molecule has 2 aromatic rings. The van der Waals surface area contributed by atoms with Crippen LogP contribution >= 0.6 is 11.3 Å². The van der Waals surface area contributed by atoms with Crippen LogP contribution in [0, 0.1) is 6.92 Å². The van der Waals surface area contributed by atoms with Gasteiger partial charge in [0.25, 0.3) is 0 Å². The Labute approximate surface area is 128 Å². The van der Waals surface area contributed by atoms with Gasteiger partial charge in [-0.25, -0.2) is 4.98 Å². The van der Waals surface area contributed by atoms with Crippen molar-refractivity contribution in [3.63, 3.8) is 0 Å². The molecule has 6 nitrogen and oxygen atoms in total. The van der Waals surface area contributed by atoms with Crippen LogP contribution in [0.15, 0.2) is 11.4 Å². The van der Waals surface area contributed by atoms with Gasteiger partial charge in [-0.2, -0.15) is 9.97 Å². The molecule has 0 unspecified atom stereocenters. The fourth-order valence-corrected chi connectivity index (χ4v) is 3.10. The zero-order valence-electron chi connectivity index (χ0n) is 12.4. The van der Waals surface area contributed by atoms with Crippen LogP contribution in [-0.4, -0.2) is 35.1 Å². The average Bonchev–Trinajstić information content (AvgIpc) is 3.10. The van der Waals surface area contributed by atoms with E-state index in [0.717, 1.165) is 42.1 Å². The number of hydrogen-bond donors (Lipinski definition) is 1. The third kappa shape index (κ3) is 3.24. The average molecular weight is 304 g/mol. The van der Waals surface area contributed by atoms with E-state index in [0.29, 0.717) is 5.82 Å². The SMILES string of the molecule is Cc1nc(CN(C)c2cc(N)nc(N3CCCC3)n2)cs1. The summed E-state index contributed by atoms with van der Waals surface area (Å²) in [6, 6.07) is 1.82. The quantitative estimate of drug-likeness (QED) is 0.932. The molecule has 1 aliphatic heterocycles. The lowest BCUT2D eigenvalue weighted by Gasteiger charge is -2.21. The molecule has 0 radical (unpaired) electrons. The Morgan fingerprint density at radius 1 is 1.29 bits per heavy atom. The molecule has 0 aliphatic carbocycles. The van der Waals surface area contributed by atoms with E-state index in [2.05, 4.69) is 30.1 Å². The molecule has 0 amide bonds. The molecule has 0 aromatic carbocycles. The number of thiazole rings is 1. The highest BCUT2D eigenvalue weighted by Crippen LogP contribution is 2.22. The van der Waals surface area contributed by atoms with Crippen molar-refractivity contribution < 1.29 is 0 Å². The Morgan fingerprint density at radius 2 is 2.05 bits per heavy atom. The van der Waals surface area contributed by atoms with Crippen molar-refractivity contribution in [2.45, 2.75) is 26.3 Å². The van der Waals surface area contributed by atoms with E-state index in [4.69, 9.17) is 5.73 Å². The molecule has 112 valence electrons. The van der Waals surface area contributed by atoms with Crippen LogP contribution in [0.3, 0.4) is 0 Å². The summed E-state index contributed by atoms with van der Waals surface area (Å²) in [5, 5.41) is 3.16. The highest BCUT2D eigenvalue weighted by Gasteiger charge is 2.17.